The van der Waals surface area contributed by atoms with Gasteiger partial charge in [0.1, 0.15) is 0 Å². The average Bonchev–Trinajstić information content (AvgIpc) is 2.65. The molecule has 3 heteroatoms. The molecule has 0 unspecified atom stereocenters. The van der Waals surface area contributed by atoms with E-state index in [-0.39, 0.29) is 0 Å². The minimum absolute atomic E-state index is 1.06. The van der Waals surface area contributed by atoms with E-state index in [2.05, 4.69) is 35.9 Å². The summed E-state index contributed by atoms with van der Waals surface area (Å²) >= 11 is 1.55. The zero-order chi connectivity index (χ0) is 10.1. The maximum atomic E-state index is 3.71. The van der Waals surface area contributed by atoms with Gasteiger partial charge in [0.25, 0.3) is 0 Å². The molecule has 0 amide bonds. The summed E-state index contributed by atoms with van der Waals surface area (Å²) in [6.07, 6.45) is 7.07. The molecule has 0 radical (unpaired) electrons. The summed E-state index contributed by atoms with van der Waals surface area (Å²) in [5.74, 6) is 0. The first kappa shape index (κ1) is 12.3. The van der Waals surface area contributed by atoms with Crippen molar-refractivity contribution < 1.29 is 0 Å². The minimum atomic E-state index is 1.06. The van der Waals surface area contributed by atoms with Crippen LogP contribution in [-0.2, 0) is 0 Å². The Labute approximate surface area is 85.3 Å². The predicted molar refractivity (Wildman–Crippen MR) is 61.9 cm³/mol. The van der Waals surface area contributed by atoms with Gasteiger partial charge in [-0.05, 0) is 24.4 Å². The fraction of sp³-hybridized carbons (Fsp3) is 0.400. The Hall–Kier alpha value is -0.670. The van der Waals surface area contributed by atoms with Crippen LogP contribution in [0, 0.1) is 0 Å². The lowest BCUT2D eigenvalue weighted by atomic mass is 10.3. The van der Waals surface area contributed by atoms with Crippen molar-refractivity contribution in [1.82, 2.24) is 10.3 Å². The molecule has 74 valence electrons. The van der Waals surface area contributed by atoms with Crippen LogP contribution in [0.1, 0.15) is 27.2 Å². The Morgan fingerprint density at radius 3 is 2.69 bits per heavy atom. The van der Waals surface area contributed by atoms with Gasteiger partial charge in [0.2, 0.25) is 0 Å². The summed E-state index contributed by atoms with van der Waals surface area (Å²) in [7, 11) is 0. The molecule has 2 N–H and O–H groups in total. The first-order chi connectivity index (χ1) is 6.38. The van der Waals surface area contributed by atoms with Gasteiger partial charge in [0.15, 0.2) is 0 Å². The second kappa shape index (κ2) is 7.95. The number of hydrazine groups is 1. The van der Waals surface area contributed by atoms with Crippen LogP contribution in [-0.4, -0.2) is 0 Å². The Kier molecular flexibility index (Phi) is 7.54. The summed E-state index contributed by atoms with van der Waals surface area (Å²) in [4.78, 5) is 4.10. The van der Waals surface area contributed by atoms with Crippen molar-refractivity contribution in [2.75, 3.05) is 0 Å². The van der Waals surface area contributed by atoms with Gasteiger partial charge in [-0.1, -0.05) is 39.5 Å². The molecule has 0 spiro atoms. The molecular formula is C10H18N2S. The van der Waals surface area contributed by atoms with E-state index in [1.54, 1.807) is 11.9 Å². The highest BCUT2D eigenvalue weighted by molar-refractivity contribution is 8.01. The minimum Gasteiger partial charge on any atom is -0.310 e. The summed E-state index contributed by atoms with van der Waals surface area (Å²) in [5, 5.41) is 0. The fourth-order valence-corrected chi connectivity index (χ4v) is 1.35. The fourth-order valence-electron chi connectivity index (χ4n) is 0.763. The number of allylic oxidation sites excluding steroid dienone is 3. The third-order valence-corrected chi connectivity index (χ3v) is 2.13. The van der Waals surface area contributed by atoms with Crippen molar-refractivity contribution in [2.45, 2.75) is 27.2 Å². The number of hydrogen-bond donors (Lipinski definition) is 2. The number of nitrogens with one attached hydrogen (secondary N) is 2. The van der Waals surface area contributed by atoms with Crippen molar-refractivity contribution in [3.63, 3.8) is 0 Å². The van der Waals surface area contributed by atoms with Gasteiger partial charge in [-0.3, -0.25) is 0 Å². The van der Waals surface area contributed by atoms with Gasteiger partial charge in [0.05, 0.1) is 5.70 Å². The van der Waals surface area contributed by atoms with E-state index in [4.69, 9.17) is 0 Å². The lowest BCUT2D eigenvalue weighted by Crippen LogP contribution is -2.17. The van der Waals surface area contributed by atoms with E-state index < -0.39 is 0 Å². The van der Waals surface area contributed by atoms with Crippen LogP contribution in [0.4, 0.5) is 0 Å². The maximum Gasteiger partial charge on any atom is 0.0643 e. The molecule has 1 rings (SSSR count). The summed E-state index contributed by atoms with van der Waals surface area (Å²) in [6.45, 7) is 9.82. The van der Waals surface area contributed by atoms with Gasteiger partial charge in [-0.15, -0.1) is 0 Å². The van der Waals surface area contributed by atoms with Crippen molar-refractivity contribution >= 4 is 11.9 Å². The highest BCUT2D eigenvalue weighted by atomic mass is 32.2. The van der Waals surface area contributed by atoms with E-state index in [9.17, 15) is 0 Å². The quantitative estimate of drug-likeness (QED) is 0.681. The molecule has 0 saturated heterocycles. The molecule has 0 fully saturated rings. The molecule has 0 aromatic heterocycles. The number of rotatable bonds is 3. The van der Waals surface area contributed by atoms with Crippen LogP contribution < -0.4 is 10.3 Å². The lowest BCUT2D eigenvalue weighted by molar-refractivity contribution is 0.854. The second-order valence-electron chi connectivity index (χ2n) is 2.12. The van der Waals surface area contributed by atoms with Crippen LogP contribution in [0.15, 0.2) is 35.4 Å². The zero-order valence-electron chi connectivity index (χ0n) is 8.55. The van der Waals surface area contributed by atoms with Crippen molar-refractivity contribution in [1.29, 1.82) is 0 Å². The summed E-state index contributed by atoms with van der Waals surface area (Å²) in [6, 6.07) is 0. The van der Waals surface area contributed by atoms with Crippen molar-refractivity contribution in [3.8, 4) is 0 Å². The van der Waals surface area contributed by atoms with Crippen LogP contribution >= 0.6 is 11.9 Å². The van der Waals surface area contributed by atoms with Crippen LogP contribution in [0.25, 0.3) is 0 Å². The van der Waals surface area contributed by atoms with Crippen molar-refractivity contribution in [3.05, 3.63) is 35.4 Å². The van der Waals surface area contributed by atoms with Crippen LogP contribution in [0.5, 0.6) is 0 Å². The Bertz CT molecular complexity index is 207. The molecule has 0 aliphatic carbocycles. The smallest absolute Gasteiger partial charge is 0.0643 e. The molecule has 1 heterocycles. The summed E-state index contributed by atoms with van der Waals surface area (Å²) in [5.41, 5.74) is 4.13. The van der Waals surface area contributed by atoms with Gasteiger partial charge in [0, 0.05) is 4.91 Å². The third-order valence-electron chi connectivity index (χ3n) is 1.32. The second-order valence-corrected chi connectivity index (χ2v) is 2.97. The SMILES string of the molecule is C=CC1=C(/C=C\CC)NNS1.CC. The Morgan fingerprint density at radius 2 is 2.15 bits per heavy atom. The van der Waals surface area contributed by atoms with Gasteiger partial charge < -0.3 is 5.43 Å². The van der Waals surface area contributed by atoms with E-state index >= 15 is 0 Å². The molecule has 0 bridgehead atoms. The topological polar surface area (TPSA) is 24.1 Å². The van der Waals surface area contributed by atoms with Gasteiger partial charge >= 0.3 is 0 Å². The maximum absolute atomic E-state index is 3.71. The molecule has 0 aromatic carbocycles. The lowest BCUT2D eigenvalue weighted by Gasteiger charge is -1.94. The Morgan fingerprint density at radius 1 is 1.46 bits per heavy atom. The number of hydrogen-bond acceptors (Lipinski definition) is 3. The predicted octanol–water partition coefficient (Wildman–Crippen LogP) is 3.13. The van der Waals surface area contributed by atoms with Crippen molar-refractivity contribution in [2.24, 2.45) is 0 Å². The standard InChI is InChI=1S/C8H12N2S.C2H6/c1-3-5-6-7-8(4-2)11-10-9-7;1-2/h4-6,9-10H,2-3H2,1H3;1-2H3/b6-5-;. The molecule has 0 saturated carbocycles. The average molecular weight is 198 g/mol. The highest BCUT2D eigenvalue weighted by Crippen LogP contribution is 2.21. The van der Waals surface area contributed by atoms with E-state index in [1.807, 2.05) is 19.9 Å². The normalized spacial score (nSPS) is 15.3. The Balaban J connectivity index is 0.000000671. The van der Waals surface area contributed by atoms with Crippen LogP contribution in [0.3, 0.4) is 0 Å². The molecule has 0 aromatic rings. The van der Waals surface area contributed by atoms with Gasteiger partial charge in [-0.25, -0.2) is 0 Å². The molecule has 13 heavy (non-hydrogen) atoms. The molecule has 2 nitrogen and oxygen atoms in total. The molecule has 1 aliphatic rings. The highest BCUT2D eigenvalue weighted by Gasteiger charge is 2.07. The first-order valence-electron chi connectivity index (χ1n) is 4.59. The molecular weight excluding hydrogens is 180 g/mol. The molecule has 0 atom stereocenters. The summed E-state index contributed by atoms with van der Waals surface area (Å²) < 4.78 is 0. The molecule has 1 aliphatic heterocycles. The zero-order valence-corrected chi connectivity index (χ0v) is 9.37. The van der Waals surface area contributed by atoms with Crippen LogP contribution in [0.2, 0.25) is 0 Å². The van der Waals surface area contributed by atoms with E-state index in [1.165, 1.54) is 0 Å². The van der Waals surface area contributed by atoms with Gasteiger partial charge in [-0.2, -0.15) is 4.83 Å². The largest absolute Gasteiger partial charge is 0.310 e. The third kappa shape index (κ3) is 4.20. The van der Waals surface area contributed by atoms with E-state index in [0.717, 1.165) is 17.0 Å². The first-order valence-corrected chi connectivity index (χ1v) is 5.41. The van der Waals surface area contributed by atoms with E-state index in [0.29, 0.717) is 0 Å². The monoisotopic (exact) mass is 198 g/mol.